The molecule has 0 aromatic rings. The second kappa shape index (κ2) is 11.0. The maximum absolute atomic E-state index is 9.66. The molecular formula is C25H43NO2. The summed E-state index contributed by atoms with van der Waals surface area (Å²) in [7, 11) is 0. The van der Waals surface area contributed by atoms with Crippen LogP contribution < -0.4 is 0 Å². The third-order valence-corrected chi connectivity index (χ3v) is 8.00. The Morgan fingerprint density at radius 2 is 1.36 bits per heavy atom. The van der Waals surface area contributed by atoms with E-state index < -0.39 is 5.41 Å². The van der Waals surface area contributed by atoms with Crippen molar-refractivity contribution >= 4 is 0 Å². The molecule has 1 aliphatic heterocycles. The molecule has 0 spiro atoms. The molecule has 1 heterocycles. The molecule has 28 heavy (non-hydrogen) atoms. The molecular weight excluding hydrogens is 346 g/mol. The summed E-state index contributed by atoms with van der Waals surface area (Å²) >= 11 is 0. The molecule has 3 nitrogen and oxygen atoms in total. The van der Waals surface area contributed by atoms with Crippen LogP contribution in [-0.4, -0.2) is 19.5 Å². The zero-order valence-electron chi connectivity index (χ0n) is 18.5. The van der Waals surface area contributed by atoms with Crippen LogP contribution >= 0.6 is 0 Å². The van der Waals surface area contributed by atoms with Gasteiger partial charge in [0.25, 0.3) is 0 Å². The topological polar surface area (TPSA) is 42.2 Å². The van der Waals surface area contributed by atoms with Crippen molar-refractivity contribution in [1.82, 2.24) is 0 Å². The van der Waals surface area contributed by atoms with Crippen molar-refractivity contribution in [2.24, 2.45) is 29.1 Å². The Labute approximate surface area is 173 Å². The highest BCUT2D eigenvalue weighted by Gasteiger charge is 2.41. The van der Waals surface area contributed by atoms with Crippen molar-refractivity contribution in [2.75, 3.05) is 13.2 Å². The van der Waals surface area contributed by atoms with Gasteiger partial charge in [-0.15, -0.1) is 0 Å². The number of unbranched alkanes of at least 4 members (excludes halogenated alkanes) is 2. The lowest BCUT2D eigenvalue weighted by molar-refractivity contribution is -0.244. The fourth-order valence-electron chi connectivity index (χ4n) is 6.07. The fraction of sp³-hybridized carbons (Fsp3) is 0.960. The molecule has 0 radical (unpaired) electrons. The Balaban J connectivity index is 1.38. The molecule has 0 unspecified atom stereocenters. The van der Waals surface area contributed by atoms with Gasteiger partial charge in [-0.1, -0.05) is 58.8 Å². The molecule has 1 saturated heterocycles. The van der Waals surface area contributed by atoms with Gasteiger partial charge in [-0.3, -0.25) is 0 Å². The van der Waals surface area contributed by atoms with E-state index in [2.05, 4.69) is 19.9 Å². The maximum atomic E-state index is 9.66. The molecule has 3 rings (SSSR count). The molecule has 0 bridgehead atoms. The first-order valence-electron chi connectivity index (χ1n) is 12.3. The monoisotopic (exact) mass is 389 g/mol. The Morgan fingerprint density at radius 3 is 1.89 bits per heavy atom. The van der Waals surface area contributed by atoms with Gasteiger partial charge in [-0.05, 0) is 62.7 Å². The summed E-state index contributed by atoms with van der Waals surface area (Å²) in [5.41, 5.74) is -0.403. The minimum Gasteiger partial charge on any atom is -0.351 e. The summed E-state index contributed by atoms with van der Waals surface area (Å²) in [5, 5.41) is 9.66. The van der Waals surface area contributed by atoms with Gasteiger partial charge >= 0.3 is 0 Å². The van der Waals surface area contributed by atoms with E-state index in [1.165, 1.54) is 77.0 Å². The first kappa shape index (κ1) is 22.1. The number of hydrogen-bond donors (Lipinski definition) is 0. The SMILES string of the molecule is CCCCC[C@]1(C#N)CO[C@H]([C@H]2CC[C@@H]([C@H]3CC[C@H](CCC)CC3)CC2)OC1. The lowest BCUT2D eigenvalue weighted by atomic mass is 9.68. The van der Waals surface area contributed by atoms with Crippen molar-refractivity contribution < 1.29 is 9.47 Å². The van der Waals surface area contributed by atoms with Gasteiger partial charge in [-0.25, -0.2) is 0 Å². The average Bonchev–Trinajstić information content (AvgIpc) is 2.75. The normalized spacial score (nSPS) is 39.4. The molecule has 0 amide bonds. The third-order valence-electron chi connectivity index (χ3n) is 8.00. The zero-order chi connectivity index (χ0) is 19.8. The Morgan fingerprint density at radius 1 is 0.786 bits per heavy atom. The summed E-state index contributed by atoms with van der Waals surface area (Å²) in [5.74, 6) is 3.47. The lowest BCUT2D eigenvalue weighted by Crippen LogP contribution is -2.44. The highest BCUT2D eigenvalue weighted by Crippen LogP contribution is 2.44. The highest BCUT2D eigenvalue weighted by atomic mass is 16.7. The molecule has 160 valence electrons. The number of nitrogens with zero attached hydrogens (tertiary/aromatic N) is 1. The van der Waals surface area contributed by atoms with E-state index in [0.717, 1.165) is 30.6 Å². The van der Waals surface area contributed by atoms with Crippen LogP contribution in [-0.2, 0) is 9.47 Å². The van der Waals surface area contributed by atoms with Crippen LogP contribution in [0.5, 0.6) is 0 Å². The molecule has 0 N–H and O–H groups in total. The average molecular weight is 390 g/mol. The quantitative estimate of drug-likeness (QED) is 0.426. The van der Waals surface area contributed by atoms with Crippen molar-refractivity contribution in [3.8, 4) is 6.07 Å². The molecule has 2 aliphatic carbocycles. The van der Waals surface area contributed by atoms with E-state index in [-0.39, 0.29) is 6.29 Å². The summed E-state index contributed by atoms with van der Waals surface area (Å²) < 4.78 is 12.3. The Kier molecular flexibility index (Phi) is 8.67. The fourth-order valence-corrected chi connectivity index (χ4v) is 6.07. The van der Waals surface area contributed by atoms with Crippen LogP contribution in [0.15, 0.2) is 0 Å². The largest absolute Gasteiger partial charge is 0.351 e. The van der Waals surface area contributed by atoms with Crippen LogP contribution in [0.2, 0.25) is 0 Å². The van der Waals surface area contributed by atoms with Gasteiger partial charge in [0.05, 0.1) is 19.3 Å². The number of ether oxygens (including phenoxy) is 2. The van der Waals surface area contributed by atoms with Gasteiger partial charge < -0.3 is 9.47 Å². The predicted molar refractivity (Wildman–Crippen MR) is 114 cm³/mol. The van der Waals surface area contributed by atoms with Crippen molar-refractivity contribution in [3.63, 3.8) is 0 Å². The van der Waals surface area contributed by atoms with E-state index in [1.54, 1.807) is 0 Å². The number of nitriles is 1. The molecule has 0 aromatic heterocycles. The third kappa shape index (κ3) is 5.73. The van der Waals surface area contributed by atoms with Crippen LogP contribution in [0.25, 0.3) is 0 Å². The van der Waals surface area contributed by atoms with Crippen LogP contribution in [0, 0.1) is 40.4 Å². The van der Waals surface area contributed by atoms with Crippen molar-refractivity contribution in [2.45, 2.75) is 110 Å². The molecule has 0 aromatic carbocycles. The van der Waals surface area contributed by atoms with Crippen molar-refractivity contribution in [1.29, 1.82) is 5.26 Å². The van der Waals surface area contributed by atoms with E-state index in [4.69, 9.17) is 9.47 Å². The molecule has 3 fully saturated rings. The Bertz CT molecular complexity index is 475. The van der Waals surface area contributed by atoms with Gasteiger partial charge in [-0.2, -0.15) is 5.26 Å². The minimum absolute atomic E-state index is 0.0612. The standard InChI is InChI=1S/C25H43NO2/c1-3-5-6-16-25(17-26)18-27-24(28-19-25)23-14-12-22(13-15-23)21-10-8-20(7-4-2)9-11-21/h20-24H,3-16,18-19H2,1-2H3/t20-,21-,22-,23+,24-,25-. The Hall–Kier alpha value is -0.590. The summed E-state index contributed by atoms with van der Waals surface area (Å²) in [6.45, 7) is 5.67. The second-order valence-electron chi connectivity index (χ2n) is 10.1. The first-order chi connectivity index (χ1) is 13.7. The molecule has 0 atom stereocenters. The first-order valence-corrected chi connectivity index (χ1v) is 12.3. The number of rotatable bonds is 8. The van der Waals surface area contributed by atoms with E-state index in [1.807, 2.05) is 0 Å². The van der Waals surface area contributed by atoms with Crippen LogP contribution in [0.1, 0.15) is 104 Å². The maximum Gasteiger partial charge on any atom is 0.160 e. The molecule has 3 aliphatic rings. The van der Waals surface area contributed by atoms with Gasteiger partial charge in [0.15, 0.2) is 6.29 Å². The van der Waals surface area contributed by atoms with E-state index in [9.17, 15) is 5.26 Å². The molecule has 3 heteroatoms. The summed E-state index contributed by atoms with van der Waals surface area (Å²) in [6, 6.07) is 2.51. The summed E-state index contributed by atoms with van der Waals surface area (Å²) in [4.78, 5) is 0. The van der Waals surface area contributed by atoms with E-state index >= 15 is 0 Å². The highest BCUT2D eigenvalue weighted by molar-refractivity contribution is 5.01. The lowest BCUT2D eigenvalue weighted by Gasteiger charge is -2.42. The van der Waals surface area contributed by atoms with Gasteiger partial charge in [0.1, 0.15) is 5.41 Å². The van der Waals surface area contributed by atoms with Crippen LogP contribution in [0.3, 0.4) is 0 Å². The summed E-state index contributed by atoms with van der Waals surface area (Å²) in [6.07, 6.45) is 18.2. The smallest absolute Gasteiger partial charge is 0.160 e. The van der Waals surface area contributed by atoms with Crippen LogP contribution in [0.4, 0.5) is 0 Å². The zero-order valence-corrected chi connectivity index (χ0v) is 18.5. The minimum atomic E-state index is -0.403. The van der Waals surface area contributed by atoms with E-state index in [0.29, 0.717) is 19.1 Å². The second-order valence-corrected chi connectivity index (χ2v) is 10.1. The van der Waals surface area contributed by atoms with Gasteiger partial charge in [0, 0.05) is 5.92 Å². The predicted octanol–water partition coefficient (Wildman–Crippen LogP) is 6.86. The molecule has 2 saturated carbocycles. The van der Waals surface area contributed by atoms with Crippen molar-refractivity contribution in [3.05, 3.63) is 0 Å². The number of hydrogen-bond acceptors (Lipinski definition) is 3. The van der Waals surface area contributed by atoms with Gasteiger partial charge in [0.2, 0.25) is 0 Å².